The first-order valence-corrected chi connectivity index (χ1v) is 11.3. The van der Waals surface area contributed by atoms with Gasteiger partial charge in [0.15, 0.2) is 6.61 Å². The van der Waals surface area contributed by atoms with Crippen LogP contribution in [-0.2, 0) is 27.3 Å². The number of aromatic nitrogens is 2. The second kappa shape index (κ2) is 10.8. The molecule has 2 aliphatic rings. The summed E-state index contributed by atoms with van der Waals surface area (Å²) in [4.78, 5) is 53.5. The number of carboxylic acid groups (broad SMARTS) is 1. The number of ether oxygens (including phenoxy) is 2. The molecule has 11 nitrogen and oxygen atoms in total. The van der Waals surface area contributed by atoms with Crippen molar-refractivity contribution in [2.24, 2.45) is 5.73 Å². The molecule has 0 bridgehead atoms. The topological polar surface area (TPSA) is 174 Å². The fraction of sp³-hybridized carbons (Fsp3) is 0.318. The van der Waals surface area contributed by atoms with Crippen LogP contribution in [0, 0.1) is 0 Å². The number of aromatic amines is 1. The van der Waals surface area contributed by atoms with Crippen molar-refractivity contribution < 1.29 is 29.0 Å². The smallest absolute Gasteiger partial charge is 0.372 e. The van der Waals surface area contributed by atoms with Gasteiger partial charge in [0.1, 0.15) is 10.6 Å². The third-order valence-corrected chi connectivity index (χ3v) is 6.53. The number of amides is 1. The number of fused-ring (bicyclic) bond motifs is 4. The highest BCUT2D eigenvalue weighted by Crippen LogP contribution is 2.42. The average molecular weight is 523 g/mol. The number of thiophene rings is 1. The summed E-state index contributed by atoms with van der Waals surface area (Å²) in [5.41, 5.74) is 7.28. The number of carboxylic acids is 1. The molecule has 5 N–H and O–H groups in total. The summed E-state index contributed by atoms with van der Waals surface area (Å²) in [5.74, 6) is -1.91. The molecule has 186 valence electrons. The molecule has 1 amide bonds. The van der Waals surface area contributed by atoms with Crippen LogP contribution in [0.25, 0.3) is 10.2 Å². The summed E-state index contributed by atoms with van der Waals surface area (Å²) in [6.45, 7) is 2.57. The van der Waals surface area contributed by atoms with E-state index < -0.39 is 17.4 Å². The van der Waals surface area contributed by atoms with E-state index in [9.17, 15) is 19.2 Å². The number of hydrogen-bond donors (Lipinski definition) is 4. The highest BCUT2D eigenvalue weighted by Gasteiger charge is 2.35. The lowest BCUT2D eigenvalue weighted by Gasteiger charge is -2.18. The molecule has 0 spiro atoms. The van der Waals surface area contributed by atoms with E-state index >= 15 is 0 Å². The number of nitrogens with zero attached hydrogens (tertiary/aromatic N) is 1. The van der Waals surface area contributed by atoms with Gasteiger partial charge in [0, 0.05) is 11.4 Å². The van der Waals surface area contributed by atoms with Gasteiger partial charge in [-0.05, 0) is 43.0 Å². The minimum atomic E-state index is -1.29. The van der Waals surface area contributed by atoms with Crippen LogP contribution in [-0.4, -0.2) is 46.1 Å². The van der Waals surface area contributed by atoms with E-state index in [2.05, 4.69) is 15.3 Å². The molecule has 0 fully saturated rings. The van der Waals surface area contributed by atoms with Crippen molar-refractivity contribution >= 4 is 57.5 Å². The number of hydrogen-bond acceptors (Lipinski definition) is 9. The highest BCUT2D eigenvalue weighted by molar-refractivity contribution is 7.18. The number of nitrogens with one attached hydrogen (secondary N) is 2. The Morgan fingerprint density at radius 2 is 2.11 bits per heavy atom. The number of nitrogens with two attached hydrogens (primary N) is 1. The first kappa shape index (κ1) is 26.1. The quantitative estimate of drug-likeness (QED) is 0.374. The SMILES string of the molecule is CCOC(=O)C1CCc2sc3nc(C(=O)O)[nH]c(=O)c3c21.Cl.NCc1ccc2c(c1)NC(=O)CO2. The Morgan fingerprint density at radius 3 is 2.80 bits per heavy atom. The predicted molar refractivity (Wildman–Crippen MR) is 131 cm³/mol. The van der Waals surface area contributed by atoms with Gasteiger partial charge in [-0.25, -0.2) is 9.78 Å². The molecular weight excluding hydrogens is 500 g/mol. The van der Waals surface area contributed by atoms with Crippen LogP contribution in [0.4, 0.5) is 5.69 Å². The zero-order valence-electron chi connectivity index (χ0n) is 18.6. The Labute approximate surface area is 209 Å². The molecular formula is C22H23ClN4O7S. The molecule has 1 atom stereocenters. The summed E-state index contributed by atoms with van der Waals surface area (Å²) < 4.78 is 10.2. The number of esters is 1. The lowest BCUT2D eigenvalue weighted by Crippen LogP contribution is -2.25. The molecule has 0 saturated carbocycles. The summed E-state index contributed by atoms with van der Waals surface area (Å²) in [7, 11) is 0. The minimum absolute atomic E-state index is 0. The van der Waals surface area contributed by atoms with Gasteiger partial charge >= 0.3 is 11.9 Å². The molecule has 2 aromatic heterocycles. The summed E-state index contributed by atoms with van der Waals surface area (Å²) in [5, 5.41) is 12.0. The molecule has 0 radical (unpaired) electrons. The van der Waals surface area contributed by atoms with Crippen LogP contribution in [0.2, 0.25) is 0 Å². The number of carbonyl (C=O) groups is 3. The Kier molecular flexibility index (Phi) is 8.10. The second-order valence-corrected chi connectivity index (χ2v) is 8.64. The van der Waals surface area contributed by atoms with Crippen molar-refractivity contribution in [1.29, 1.82) is 0 Å². The lowest BCUT2D eigenvalue weighted by atomic mass is 10.0. The van der Waals surface area contributed by atoms with Gasteiger partial charge in [0.25, 0.3) is 11.5 Å². The summed E-state index contributed by atoms with van der Waals surface area (Å²) in [6.07, 6.45) is 1.28. The maximum Gasteiger partial charge on any atom is 0.372 e. The Bertz CT molecular complexity index is 1350. The van der Waals surface area contributed by atoms with Gasteiger partial charge in [-0.3, -0.25) is 14.4 Å². The van der Waals surface area contributed by atoms with Crippen LogP contribution < -0.4 is 21.3 Å². The summed E-state index contributed by atoms with van der Waals surface area (Å²) >= 11 is 1.27. The van der Waals surface area contributed by atoms with Crippen LogP contribution >= 0.6 is 23.7 Å². The third kappa shape index (κ3) is 5.29. The molecule has 13 heteroatoms. The highest BCUT2D eigenvalue weighted by atomic mass is 35.5. The summed E-state index contributed by atoms with van der Waals surface area (Å²) in [6, 6.07) is 5.53. The Hall–Kier alpha value is -3.48. The number of benzene rings is 1. The zero-order chi connectivity index (χ0) is 24.4. The number of aromatic carboxylic acids is 1. The van der Waals surface area contributed by atoms with E-state index in [1.54, 1.807) is 6.92 Å². The number of aryl methyl sites for hydroxylation is 1. The predicted octanol–water partition coefficient (Wildman–Crippen LogP) is 2.17. The standard InChI is InChI=1S/C13H12N2O5S.C9H10N2O2.ClH/c1-2-20-13(19)5-3-4-6-7(5)8-10(16)14-9(12(17)18)15-11(8)21-6;10-4-6-1-2-8-7(3-6)11-9(12)5-13-8;/h5H,2-4H2,1H3,(H,17,18)(H,14,15,16);1-3H,4-5,10H2,(H,11,12);1H. The molecule has 1 aromatic carbocycles. The van der Waals surface area contributed by atoms with E-state index in [4.69, 9.17) is 20.3 Å². The Balaban J connectivity index is 0.000000211. The lowest BCUT2D eigenvalue weighted by molar-refractivity contribution is -0.144. The average Bonchev–Trinajstić information content (AvgIpc) is 3.38. The van der Waals surface area contributed by atoms with Crippen molar-refractivity contribution in [2.75, 3.05) is 18.5 Å². The number of anilines is 1. The monoisotopic (exact) mass is 522 g/mol. The molecule has 3 heterocycles. The second-order valence-electron chi connectivity index (χ2n) is 7.55. The van der Waals surface area contributed by atoms with Crippen LogP contribution in [0.3, 0.4) is 0 Å². The number of carbonyl (C=O) groups excluding carboxylic acids is 2. The van der Waals surface area contributed by atoms with E-state index in [-0.39, 0.29) is 43.3 Å². The van der Waals surface area contributed by atoms with Crippen molar-refractivity contribution in [2.45, 2.75) is 32.2 Å². The van der Waals surface area contributed by atoms with E-state index in [0.717, 1.165) is 10.4 Å². The van der Waals surface area contributed by atoms with Crippen molar-refractivity contribution in [1.82, 2.24) is 9.97 Å². The first-order chi connectivity index (χ1) is 16.3. The zero-order valence-corrected chi connectivity index (χ0v) is 20.2. The maximum absolute atomic E-state index is 12.1. The van der Waals surface area contributed by atoms with Gasteiger partial charge in [-0.15, -0.1) is 23.7 Å². The van der Waals surface area contributed by atoms with Crippen LogP contribution in [0.1, 0.15) is 45.9 Å². The Morgan fingerprint density at radius 1 is 1.34 bits per heavy atom. The van der Waals surface area contributed by atoms with Crippen molar-refractivity contribution in [3.05, 3.63) is 50.4 Å². The number of rotatable bonds is 4. The fourth-order valence-corrected chi connectivity index (χ4v) is 5.14. The van der Waals surface area contributed by atoms with Crippen LogP contribution in [0.5, 0.6) is 5.75 Å². The number of halogens is 1. The van der Waals surface area contributed by atoms with Crippen molar-refractivity contribution in [3.8, 4) is 5.75 Å². The van der Waals surface area contributed by atoms with Gasteiger partial charge in [-0.2, -0.15) is 0 Å². The molecule has 5 rings (SSSR count). The van der Waals surface area contributed by atoms with Gasteiger partial charge in [-0.1, -0.05) is 6.07 Å². The maximum atomic E-state index is 12.1. The van der Waals surface area contributed by atoms with Gasteiger partial charge < -0.3 is 30.6 Å². The van der Waals surface area contributed by atoms with Gasteiger partial charge in [0.2, 0.25) is 5.82 Å². The number of H-pyrrole nitrogens is 1. The van der Waals surface area contributed by atoms with E-state index in [0.29, 0.717) is 46.6 Å². The molecule has 35 heavy (non-hydrogen) atoms. The van der Waals surface area contributed by atoms with Crippen LogP contribution in [0.15, 0.2) is 23.0 Å². The third-order valence-electron chi connectivity index (χ3n) is 5.37. The molecule has 1 aliphatic heterocycles. The van der Waals surface area contributed by atoms with Crippen molar-refractivity contribution in [3.63, 3.8) is 0 Å². The molecule has 3 aromatic rings. The fourth-order valence-electron chi connectivity index (χ4n) is 3.89. The first-order valence-electron chi connectivity index (χ1n) is 10.5. The molecule has 1 aliphatic carbocycles. The normalized spacial score (nSPS) is 15.5. The largest absolute Gasteiger partial charge is 0.482 e. The minimum Gasteiger partial charge on any atom is -0.482 e. The molecule has 0 saturated heterocycles. The molecule has 1 unspecified atom stereocenters. The van der Waals surface area contributed by atoms with Gasteiger partial charge in [0.05, 0.1) is 23.6 Å². The van der Waals surface area contributed by atoms with E-state index in [1.807, 2.05) is 18.2 Å². The van der Waals surface area contributed by atoms with E-state index in [1.165, 1.54) is 11.3 Å².